The summed E-state index contributed by atoms with van der Waals surface area (Å²) in [5.41, 5.74) is 7.79. The maximum Gasteiger partial charge on any atom is 0.410 e. The van der Waals surface area contributed by atoms with Crippen molar-refractivity contribution in [2.45, 2.75) is 174 Å². The van der Waals surface area contributed by atoms with Crippen LogP contribution in [0.2, 0.25) is 0 Å². The molecule has 100 heavy (non-hydrogen) atoms. The van der Waals surface area contributed by atoms with Crippen LogP contribution < -0.4 is 21.3 Å². The second-order valence-electron chi connectivity index (χ2n) is 30.3. The highest BCUT2D eigenvalue weighted by Crippen LogP contribution is 2.45. The molecule has 8 atom stereocenters. The molecule has 0 unspecified atom stereocenters. The number of nitrogens with one attached hydrogen (secondary N) is 4. The van der Waals surface area contributed by atoms with E-state index < -0.39 is 94.7 Å². The van der Waals surface area contributed by atoms with Crippen molar-refractivity contribution in [1.82, 2.24) is 45.4 Å². The van der Waals surface area contributed by atoms with Crippen LogP contribution >= 0.6 is 0 Å². The number of benzene rings is 6. The number of methoxy groups -OCH3 is 1. The summed E-state index contributed by atoms with van der Waals surface area (Å²) in [6.45, 7) is 18.1. The molecule has 11 rings (SSSR count). The molecule has 0 spiro atoms. The lowest BCUT2D eigenvalue weighted by Crippen LogP contribution is -2.61. The van der Waals surface area contributed by atoms with E-state index in [9.17, 15) is 24.0 Å². The summed E-state index contributed by atoms with van der Waals surface area (Å²) >= 11 is 0. The lowest BCUT2D eigenvalue weighted by Gasteiger charge is -2.43. The predicted molar refractivity (Wildman–Crippen MR) is 382 cm³/mol. The van der Waals surface area contributed by atoms with Crippen LogP contribution in [0.3, 0.4) is 0 Å². The standard InChI is InChI=1S/C80H95N9O11/c1-49(85(11)77(97)100-80(8,9)10)70(90)83-68(78(2,3)4)73(93)89-46-56(43-65(89)71(91)82-63-36-24-30-51-25-18-19-31-57(51)63)81-75(95)86-40-39-54-41-50(37-38-64(54)86)44-87(67(48-98-12)52-26-14-13-15-27-52)72(92)66-42-53-28-16-17-29-55(53)45-88(66)74(94)69(79(5,6)7)84-76(96)99-47-62-60-34-22-20-32-58(60)59-33-21-23-35-61(59)62/h13-23,25-29,31-35,37-41,49,56,62-63,65-69H,24,30,36,42-48H2,1-12H3,(H,81,95)(H,82,91)(H,83,90)(H,84,96)/t49-,56-,63+,65-,66-,67-,68+,69+/m0/s1. The van der Waals surface area contributed by atoms with Crippen LogP contribution in [0.5, 0.6) is 0 Å². The molecule has 8 amide bonds. The maximum absolute atomic E-state index is 16.1. The summed E-state index contributed by atoms with van der Waals surface area (Å²) in [7, 11) is 3.04. The molecular weight excluding hydrogens is 1260 g/mol. The number of likely N-dealkylation sites (tertiary alicyclic amines) is 1. The minimum absolute atomic E-state index is 0.0488. The molecular formula is C80H95N9O11. The molecule has 2 aliphatic carbocycles. The lowest BCUT2D eigenvalue weighted by atomic mass is 9.84. The summed E-state index contributed by atoms with van der Waals surface area (Å²) in [5.74, 6) is -2.49. The van der Waals surface area contributed by atoms with E-state index in [1.165, 1.54) is 21.4 Å². The second kappa shape index (κ2) is 29.6. The van der Waals surface area contributed by atoms with Crippen LogP contribution in [-0.2, 0) is 64.1 Å². The van der Waals surface area contributed by atoms with E-state index in [-0.39, 0.29) is 69.5 Å². The smallest absolute Gasteiger partial charge is 0.410 e. The zero-order valence-electron chi connectivity index (χ0n) is 59.5. The molecule has 4 aliphatic rings. The first-order valence-corrected chi connectivity index (χ1v) is 34.8. The van der Waals surface area contributed by atoms with Gasteiger partial charge in [0.15, 0.2) is 0 Å². The van der Waals surface area contributed by atoms with Crippen LogP contribution in [0.4, 0.5) is 14.4 Å². The van der Waals surface area contributed by atoms with E-state index in [2.05, 4.69) is 39.5 Å². The Hall–Kier alpha value is -9.82. The number of rotatable bonds is 18. The lowest BCUT2D eigenvalue weighted by molar-refractivity contribution is -0.152. The maximum atomic E-state index is 16.1. The number of aromatic nitrogens is 1. The van der Waals surface area contributed by atoms with E-state index in [1.54, 1.807) is 50.8 Å². The Labute approximate surface area is 586 Å². The Bertz CT molecular complexity index is 4160. The fourth-order valence-electron chi connectivity index (χ4n) is 14.5. The van der Waals surface area contributed by atoms with Crippen molar-refractivity contribution < 1.29 is 52.6 Å². The molecule has 20 heteroatoms. The van der Waals surface area contributed by atoms with Gasteiger partial charge in [0.1, 0.15) is 42.4 Å². The van der Waals surface area contributed by atoms with Crippen LogP contribution in [0.25, 0.3) is 22.0 Å². The van der Waals surface area contributed by atoms with Gasteiger partial charge in [0.2, 0.25) is 29.5 Å². The normalized spacial score (nSPS) is 18.6. The van der Waals surface area contributed by atoms with Crippen LogP contribution in [0.1, 0.15) is 151 Å². The molecule has 1 aromatic heterocycles. The molecule has 4 N–H and O–H groups in total. The number of carbonyl (C=O) groups excluding carboxylic acids is 8. The summed E-state index contributed by atoms with van der Waals surface area (Å²) in [6.07, 6.45) is 2.89. The SMILES string of the molecule is COC[C@@H](c1ccccc1)N(Cc1ccc2c(ccn2C(=O)N[C@H]2C[C@@H](C(=O)N[C@@H]3CCCc4ccccc43)N(C(=O)[C@@H](NC(=O)[C@H](C)N(C)C(=O)OC(C)(C)C)C(C)(C)C)C2)c1)C(=O)[C@@H]1Cc2ccccc2CN1C(=O)[C@@H](NC(=O)OCC1c2ccccc2-c2ccccc21)C(C)(C)C. The number of hydrogen-bond donors (Lipinski definition) is 4. The van der Waals surface area contributed by atoms with Gasteiger partial charge >= 0.3 is 18.2 Å². The third kappa shape index (κ3) is 15.6. The van der Waals surface area contributed by atoms with E-state index in [4.69, 9.17) is 14.2 Å². The van der Waals surface area contributed by atoms with Gasteiger partial charge in [0, 0.05) is 57.7 Å². The number of ether oxygens (including phenoxy) is 3. The molecule has 20 nitrogen and oxygen atoms in total. The van der Waals surface area contributed by atoms with Crippen LogP contribution in [-0.4, -0.2) is 148 Å². The number of nitrogens with zero attached hydrogens (tertiary/aromatic N) is 5. The highest BCUT2D eigenvalue weighted by Gasteiger charge is 2.48. The second-order valence-corrected chi connectivity index (χ2v) is 30.3. The number of fused-ring (bicyclic) bond motifs is 6. The summed E-state index contributed by atoms with van der Waals surface area (Å²) in [5, 5.41) is 13.0. The Morgan fingerprint density at radius 2 is 1.25 bits per heavy atom. The highest BCUT2D eigenvalue weighted by atomic mass is 16.6. The van der Waals surface area contributed by atoms with Crippen molar-refractivity contribution in [2.75, 3.05) is 33.9 Å². The largest absolute Gasteiger partial charge is 0.449 e. The number of amides is 8. The third-order valence-electron chi connectivity index (χ3n) is 20.0. The van der Waals surface area contributed by atoms with Gasteiger partial charge in [0.25, 0.3) is 0 Å². The Balaban J connectivity index is 0.847. The minimum Gasteiger partial charge on any atom is -0.449 e. The molecule has 7 aromatic rings. The van der Waals surface area contributed by atoms with Gasteiger partial charge in [-0.15, -0.1) is 0 Å². The Kier molecular flexibility index (Phi) is 21.1. The van der Waals surface area contributed by atoms with Crippen LogP contribution in [0, 0.1) is 10.8 Å². The molecule has 0 radical (unpaired) electrons. The number of hydrogen-bond acceptors (Lipinski definition) is 11. The van der Waals surface area contributed by atoms with Gasteiger partial charge in [0.05, 0.1) is 30.2 Å². The Morgan fingerprint density at radius 3 is 1.90 bits per heavy atom. The van der Waals surface area contributed by atoms with Crippen molar-refractivity contribution in [1.29, 1.82) is 0 Å². The number of aryl methyl sites for hydroxylation is 1. The fourth-order valence-corrected chi connectivity index (χ4v) is 14.5. The summed E-state index contributed by atoms with van der Waals surface area (Å²) < 4.78 is 19.0. The zero-order chi connectivity index (χ0) is 71.5. The Morgan fingerprint density at radius 1 is 0.650 bits per heavy atom. The van der Waals surface area contributed by atoms with Crippen molar-refractivity contribution in [3.8, 4) is 11.1 Å². The van der Waals surface area contributed by atoms with Crippen molar-refractivity contribution in [2.24, 2.45) is 10.8 Å². The minimum atomic E-state index is -1.16. The highest BCUT2D eigenvalue weighted by molar-refractivity contribution is 5.97. The average Bonchev–Trinajstić information content (AvgIpc) is 1.40. The molecule has 0 bridgehead atoms. The first-order chi connectivity index (χ1) is 47.6. The van der Waals surface area contributed by atoms with Crippen LogP contribution in [0.15, 0.2) is 158 Å². The molecule has 3 heterocycles. The van der Waals surface area contributed by atoms with Gasteiger partial charge in [-0.25, -0.2) is 14.4 Å². The van der Waals surface area contributed by atoms with Gasteiger partial charge in [-0.2, -0.15) is 0 Å². The van der Waals surface area contributed by atoms with E-state index in [1.807, 2.05) is 175 Å². The number of alkyl carbamates (subject to hydrolysis) is 1. The van der Waals surface area contributed by atoms with Gasteiger partial charge in [-0.1, -0.05) is 175 Å². The van der Waals surface area contributed by atoms with Crippen molar-refractivity contribution in [3.63, 3.8) is 0 Å². The van der Waals surface area contributed by atoms with E-state index >= 15 is 14.4 Å². The quantitative estimate of drug-likeness (QED) is 0.0631. The molecule has 1 saturated heterocycles. The monoisotopic (exact) mass is 1360 g/mol. The molecule has 2 aliphatic heterocycles. The average molecular weight is 1360 g/mol. The molecule has 0 saturated carbocycles. The predicted octanol–water partition coefficient (Wildman–Crippen LogP) is 11.8. The van der Waals surface area contributed by atoms with Gasteiger partial charge in [-0.3, -0.25) is 33.4 Å². The topological polar surface area (TPSA) is 230 Å². The third-order valence-corrected chi connectivity index (χ3v) is 20.0. The van der Waals surface area contributed by atoms with E-state index in [0.29, 0.717) is 17.3 Å². The van der Waals surface area contributed by atoms with Gasteiger partial charge < -0.3 is 50.2 Å². The van der Waals surface area contributed by atoms with E-state index in [0.717, 1.165) is 68.5 Å². The van der Waals surface area contributed by atoms with Crippen molar-refractivity contribution in [3.05, 3.63) is 202 Å². The number of likely N-dealkylation sites (N-methyl/N-ethyl adjacent to an activating group) is 1. The number of carbonyl (C=O) groups is 8. The van der Waals surface area contributed by atoms with Gasteiger partial charge in [-0.05, 0) is 138 Å². The first kappa shape index (κ1) is 71.5. The zero-order valence-corrected chi connectivity index (χ0v) is 59.5. The summed E-state index contributed by atoms with van der Waals surface area (Å²) in [4.78, 5) is 124. The first-order valence-electron chi connectivity index (χ1n) is 34.8. The van der Waals surface area contributed by atoms with Crippen molar-refractivity contribution >= 4 is 58.7 Å². The molecule has 1 fully saturated rings. The fraction of sp³-hybridized carbons (Fsp3) is 0.425. The summed E-state index contributed by atoms with van der Waals surface area (Å²) in [6, 6.07) is 41.4. The molecule has 6 aromatic carbocycles. The molecule has 526 valence electrons.